The van der Waals surface area contributed by atoms with Crippen LogP contribution in [0.5, 0.6) is 0 Å². The van der Waals surface area contributed by atoms with Gasteiger partial charge in [-0.25, -0.2) is 9.50 Å². The fraction of sp³-hybridized carbons (Fsp3) is 0.316. The molecule has 0 atom stereocenters. The molecule has 1 aliphatic carbocycles. The summed E-state index contributed by atoms with van der Waals surface area (Å²) < 4.78 is 1.57. The van der Waals surface area contributed by atoms with Gasteiger partial charge in [0.25, 0.3) is 5.91 Å². The molecule has 0 bridgehead atoms. The first-order chi connectivity index (χ1) is 13.6. The van der Waals surface area contributed by atoms with Crippen molar-refractivity contribution in [1.82, 2.24) is 24.9 Å². The number of anilines is 1. The van der Waals surface area contributed by atoms with E-state index in [1.54, 1.807) is 35.2 Å². The number of nitrogens with one attached hydrogen (secondary N) is 2. The van der Waals surface area contributed by atoms with Crippen LogP contribution in [-0.2, 0) is 4.79 Å². The molecule has 3 aromatic heterocycles. The highest BCUT2D eigenvalue weighted by Gasteiger charge is 2.28. The van der Waals surface area contributed by atoms with E-state index < -0.39 is 0 Å². The highest BCUT2D eigenvalue weighted by atomic mass is 35.5. The van der Waals surface area contributed by atoms with Gasteiger partial charge in [0, 0.05) is 36.7 Å². The van der Waals surface area contributed by atoms with E-state index in [1.165, 1.54) is 12.4 Å². The number of fused-ring (bicyclic) bond motifs is 1. The summed E-state index contributed by atoms with van der Waals surface area (Å²) in [4.78, 5) is 33.2. The maximum atomic E-state index is 12.6. The summed E-state index contributed by atoms with van der Waals surface area (Å²) in [6, 6.07) is 3.46. The third-order valence-corrected chi connectivity index (χ3v) is 5.29. The van der Waals surface area contributed by atoms with Crippen LogP contribution in [-0.4, -0.2) is 37.4 Å². The van der Waals surface area contributed by atoms with E-state index >= 15 is 0 Å². The first kappa shape index (κ1) is 18.4. The second-order valence-corrected chi connectivity index (χ2v) is 7.22. The Kier molecular flexibility index (Phi) is 5.21. The highest BCUT2D eigenvalue weighted by molar-refractivity contribution is 6.33. The molecule has 1 saturated carbocycles. The van der Waals surface area contributed by atoms with Crippen molar-refractivity contribution in [2.24, 2.45) is 5.92 Å². The molecule has 0 aromatic carbocycles. The van der Waals surface area contributed by atoms with Crippen LogP contribution in [0.2, 0.25) is 5.02 Å². The Morgan fingerprint density at radius 1 is 1.14 bits per heavy atom. The van der Waals surface area contributed by atoms with Crippen LogP contribution in [0.3, 0.4) is 0 Å². The Balaban J connectivity index is 1.32. The van der Waals surface area contributed by atoms with Crippen molar-refractivity contribution in [2.45, 2.75) is 31.7 Å². The van der Waals surface area contributed by atoms with Crippen molar-refractivity contribution in [1.29, 1.82) is 0 Å². The molecule has 0 unspecified atom stereocenters. The highest BCUT2D eigenvalue weighted by Crippen LogP contribution is 2.27. The first-order valence-corrected chi connectivity index (χ1v) is 9.49. The van der Waals surface area contributed by atoms with Crippen LogP contribution in [0.25, 0.3) is 5.65 Å². The lowest BCUT2D eigenvalue weighted by molar-refractivity contribution is -0.120. The lowest BCUT2D eigenvalue weighted by Gasteiger charge is -2.28. The van der Waals surface area contributed by atoms with Gasteiger partial charge in [-0.15, -0.1) is 0 Å². The van der Waals surface area contributed by atoms with Gasteiger partial charge >= 0.3 is 0 Å². The van der Waals surface area contributed by atoms with Crippen LogP contribution in [0, 0.1) is 5.92 Å². The smallest absolute Gasteiger partial charge is 0.256 e. The Morgan fingerprint density at radius 2 is 1.96 bits per heavy atom. The molecule has 8 nitrogen and oxygen atoms in total. The Labute approximate surface area is 166 Å². The van der Waals surface area contributed by atoms with Gasteiger partial charge in [0.15, 0.2) is 5.65 Å². The van der Waals surface area contributed by atoms with E-state index in [9.17, 15) is 9.59 Å². The van der Waals surface area contributed by atoms with E-state index in [1.807, 2.05) is 0 Å². The summed E-state index contributed by atoms with van der Waals surface area (Å²) in [5.74, 6) is -0.342. The van der Waals surface area contributed by atoms with Crippen molar-refractivity contribution in [2.75, 3.05) is 5.32 Å². The third-order valence-electron chi connectivity index (χ3n) is 4.99. The number of amides is 2. The average Bonchev–Trinajstić information content (AvgIpc) is 3.14. The molecule has 1 fully saturated rings. The topological polar surface area (TPSA) is 101 Å². The molecule has 0 aliphatic heterocycles. The molecule has 28 heavy (non-hydrogen) atoms. The quantitative estimate of drug-likeness (QED) is 0.703. The number of aromatic nitrogens is 4. The van der Waals surface area contributed by atoms with Gasteiger partial charge in [0.2, 0.25) is 5.91 Å². The normalized spacial score (nSPS) is 19.3. The summed E-state index contributed by atoms with van der Waals surface area (Å²) in [6.07, 6.45) is 10.9. The lowest BCUT2D eigenvalue weighted by atomic mass is 9.85. The number of hydrogen-bond acceptors (Lipinski definition) is 5. The van der Waals surface area contributed by atoms with E-state index in [-0.39, 0.29) is 23.8 Å². The molecule has 144 valence electrons. The number of carbonyl (C=O) groups excluding carboxylic acids is 2. The van der Waals surface area contributed by atoms with Gasteiger partial charge < -0.3 is 10.6 Å². The summed E-state index contributed by atoms with van der Waals surface area (Å²) in [5, 5.41) is 10.5. The molecule has 2 N–H and O–H groups in total. The molecule has 0 spiro atoms. The van der Waals surface area contributed by atoms with Crippen LogP contribution in [0.1, 0.15) is 36.0 Å². The summed E-state index contributed by atoms with van der Waals surface area (Å²) in [7, 11) is 0. The van der Waals surface area contributed by atoms with Crippen LogP contribution in [0.4, 0.5) is 5.69 Å². The summed E-state index contributed by atoms with van der Waals surface area (Å²) in [5.41, 5.74) is 1.55. The van der Waals surface area contributed by atoms with E-state index in [4.69, 9.17) is 11.6 Å². The summed E-state index contributed by atoms with van der Waals surface area (Å²) >= 11 is 6.04. The van der Waals surface area contributed by atoms with Crippen molar-refractivity contribution >= 4 is 34.7 Å². The fourth-order valence-corrected chi connectivity index (χ4v) is 3.63. The molecule has 4 rings (SSSR count). The molecule has 2 amide bonds. The van der Waals surface area contributed by atoms with Gasteiger partial charge in [0.05, 0.1) is 16.9 Å². The number of carbonyl (C=O) groups is 2. The standard InChI is InChI=1S/C19H19ClN6O2/c20-15-11-21-8-6-16(15)25-18(27)12-2-4-13(5-3-12)24-19(28)14-10-23-26-9-1-7-22-17(14)26/h1,6-13H,2-5H2,(H,24,28)(H,21,25,27)/t12-,13-. The minimum atomic E-state index is -0.190. The van der Waals surface area contributed by atoms with Crippen LogP contribution >= 0.6 is 11.6 Å². The fourth-order valence-electron chi connectivity index (χ4n) is 3.46. The molecule has 1 aliphatic rings. The zero-order valence-electron chi connectivity index (χ0n) is 15.0. The van der Waals surface area contributed by atoms with Gasteiger partial charge in [-0.3, -0.25) is 14.6 Å². The third kappa shape index (κ3) is 3.82. The van der Waals surface area contributed by atoms with Crippen molar-refractivity contribution in [3.63, 3.8) is 0 Å². The molecule has 3 aromatic rings. The molecular weight excluding hydrogens is 380 g/mol. The number of pyridine rings is 1. The molecule has 0 saturated heterocycles. The predicted molar refractivity (Wildman–Crippen MR) is 104 cm³/mol. The minimum absolute atomic E-state index is 0.0275. The first-order valence-electron chi connectivity index (χ1n) is 9.11. The van der Waals surface area contributed by atoms with Crippen molar-refractivity contribution < 1.29 is 9.59 Å². The number of rotatable bonds is 4. The maximum absolute atomic E-state index is 12.6. The monoisotopic (exact) mass is 398 g/mol. The predicted octanol–water partition coefficient (Wildman–Crippen LogP) is 2.71. The van der Waals surface area contributed by atoms with Gasteiger partial charge in [0.1, 0.15) is 5.56 Å². The number of hydrogen-bond donors (Lipinski definition) is 2. The minimum Gasteiger partial charge on any atom is -0.349 e. The molecule has 9 heteroatoms. The second kappa shape index (κ2) is 7.93. The zero-order valence-corrected chi connectivity index (χ0v) is 15.8. The Bertz CT molecular complexity index is 1010. The van der Waals surface area contributed by atoms with Gasteiger partial charge in [-0.2, -0.15) is 5.10 Å². The second-order valence-electron chi connectivity index (χ2n) is 6.81. The van der Waals surface area contributed by atoms with Crippen molar-refractivity contribution in [3.05, 3.63) is 53.7 Å². The SMILES string of the molecule is O=C(N[C@H]1CC[C@H](C(=O)Nc2ccncc2Cl)CC1)c1cnn2cccnc12. The van der Waals surface area contributed by atoms with Crippen molar-refractivity contribution in [3.8, 4) is 0 Å². The zero-order chi connectivity index (χ0) is 19.5. The molecular formula is C19H19ClN6O2. The van der Waals surface area contributed by atoms with Gasteiger partial charge in [-0.05, 0) is 37.8 Å². The average molecular weight is 399 g/mol. The molecule has 0 radical (unpaired) electrons. The van der Waals surface area contributed by atoms with Gasteiger partial charge in [-0.1, -0.05) is 11.6 Å². The van der Waals surface area contributed by atoms with E-state index in [2.05, 4.69) is 25.7 Å². The maximum Gasteiger partial charge on any atom is 0.256 e. The van der Waals surface area contributed by atoms with E-state index in [0.29, 0.717) is 34.8 Å². The van der Waals surface area contributed by atoms with Crippen LogP contribution in [0.15, 0.2) is 43.1 Å². The largest absolute Gasteiger partial charge is 0.349 e. The lowest BCUT2D eigenvalue weighted by Crippen LogP contribution is -2.39. The van der Waals surface area contributed by atoms with Crippen LogP contribution < -0.4 is 10.6 Å². The Morgan fingerprint density at radius 3 is 2.75 bits per heavy atom. The van der Waals surface area contributed by atoms with E-state index in [0.717, 1.165) is 12.8 Å². The summed E-state index contributed by atoms with van der Waals surface area (Å²) in [6.45, 7) is 0. The molecule has 3 heterocycles. The number of halogens is 1. The Hall–Kier alpha value is -3.00. The number of nitrogens with zero attached hydrogens (tertiary/aromatic N) is 4.